The molecule has 2 rings (SSSR count). The van der Waals surface area contributed by atoms with Crippen molar-refractivity contribution >= 4 is 29.9 Å². The number of nitrogens with zero attached hydrogens (tertiary/aromatic N) is 3. The van der Waals surface area contributed by atoms with Gasteiger partial charge in [-0.2, -0.15) is 0 Å². The van der Waals surface area contributed by atoms with Gasteiger partial charge in [0.1, 0.15) is 0 Å². The third-order valence-electron chi connectivity index (χ3n) is 4.68. The molecule has 0 bridgehead atoms. The Morgan fingerprint density at radius 1 is 1.04 bits per heavy atom. The number of likely N-dealkylation sites (N-methyl/N-ethyl adjacent to an activating group) is 1. The van der Waals surface area contributed by atoms with Gasteiger partial charge in [0.05, 0.1) is 6.54 Å². The molecule has 0 radical (unpaired) electrons. The van der Waals surface area contributed by atoms with E-state index in [9.17, 15) is 0 Å². The summed E-state index contributed by atoms with van der Waals surface area (Å²) in [6.45, 7) is 14.8. The van der Waals surface area contributed by atoms with Crippen LogP contribution in [0.1, 0.15) is 38.3 Å². The minimum Gasteiger partial charge on any atom is -0.357 e. The maximum atomic E-state index is 4.70. The largest absolute Gasteiger partial charge is 0.357 e. The summed E-state index contributed by atoms with van der Waals surface area (Å²) in [4.78, 5) is 9.69. The fourth-order valence-electron chi connectivity index (χ4n) is 3.08. The predicted molar refractivity (Wildman–Crippen MR) is 127 cm³/mol. The van der Waals surface area contributed by atoms with Crippen LogP contribution in [0.15, 0.2) is 29.3 Å². The van der Waals surface area contributed by atoms with Gasteiger partial charge in [0, 0.05) is 32.7 Å². The number of hydrogen-bond acceptors (Lipinski definition) is 3. The van der Waals surface area contributed by atoms with E-state index in [0.717, 1.165) is 32.1 Å². The molecule has 0 spiro atoms. The number of benzene rings is 1. The molecule has 0 amide bonds. The summed E-state index contributed by atoms with van der Waals surface area (Å²) in [7, 11) is 2.22. The number of rotatable bonds is 7. The van der Waals surface area contributed by atoms with Crippen LogP contribution in [0, 0.1) is 5.92 Å². The highest BCUT2D eigenvalue weighted by atomic mass is 127. The monoisotopic (exact) mass is 487 g/mol. The van der Waals surface area contributed by atoms with Gasteiger partial charge in [-0.15, -0.1) is 24.0 Å². The molecule has 1 fully saturated rings. The Bertz CT molecular complexity index is 544. The molecule has 1 aliphatic heterocycles. The van der Waals surface area contributed by atoms with Crippen molar-refractivity contribution in [3.05, 3.63) is 35.4 Å². The van der Waals surface area contributed by atoms with Crippen LogP contribution in [0.3, 0.4) is 0 Å². The summed E-state index contributed by atoms with van der Waals surface area (Å²) < 4.78 is 0. The SMILES string of the molecule is CCNC(=NCc1ccc(CN2CCCN(C)CC2)cc1)NCC(C)C.I. The van der Waals surface area contributed by atoms with Crippen LogP contribution in [0.5, 0.6) is 0 Å². The standard InChI is InChI=1S/C21H37N5.HI/c1-5-22-21(23-15-18(2)3)24-16-19-7-9-20(10-8-19)17-26-12-6-11-25(4)13-14-26;/h7-10,18H,5-6,11-17H2,1-4H3,(H2,22,23,24);1H. The molecule has 2 N–H and O–H groups in total. The molecule has 6 heteroatoms. The van der Waals surface area contributed by atoms with E-state index in [1.54, 1.807) is 0 Å². The Hall–Kier alpha value is -0.860. The minimum atomic E-state index is 0. The molecule has 1 heterocycles. The molecule has 0 aromatic heterocycles. The van der Waals surface area contributed by atoms with Gasteiger partial charge in [-0.05, 0) is 50.5 Å². The van der Waals surface area contributed by atoms with E-state index in [-0.39, 0.29) is 24.0 Å². The first-order valence-corrected chi connectivity index (χ1v) is 10.1. The van der Waals surface area contributed by atoms with E-state index in [4.69, 9.17) is 4.99 Å². The Kier molecular flexibility index (Phi) is 11.9. The lowest BCUT2D eigenvalue weighted by atomic mass is 10.1. The van der Waals surface area contributed by atoms with Gasteiger partial charge < -0.3 is 15.5 Å². The van der Waals surface area contributed by atoms with Gasteiger partial charge >= 0.3 is 0 Å². The predicted octanol–water partition coefficient (Wildman–Crippen LogP) is 3.15. The lowest BCUT2D eigenvalue weighted by molar-refractivity contribution is 0.269. The molecule has 1 aromatic carbocycles. The average Bonchev–Trinajstić information content (AvgIpc) is 2.83. The van der Waals surface area contributed by atoms with E-state index in [2.05, 4.69) is 72.5 Å². The molecule has 1 saturated heterocycles. The average molecular weight is 487 g/mol. The van der Waals surface area contributed by atoms with Gasteiger partial charge in [0.25, 0.3) is 0 Å². The molecule has 0 aliphatic carbocycles. The van der Waals surface area contributed by atoms with Crippen LogP contribution < -0.4 is 10.6 Å². The quantitative estimate of drug-likeness (QED) is 0.353. The molecule has 27 heavy (non-hydrogen) atoms. The van der Waals surface area contributed by atoms with Gasteiger partial charge in [0.2, 0.25) is 0 Å². The fraction of sp³-hybridized carbons (Fsp3) is 0.667. The normalized spacial score (nSPS) is 16.7. The molecule has 1 aromatic rings. The number of guanidine groups is 1. The fourth-order valence-corrected chi connectivity index (χ4v) is 3.08. The second-order valence-corrected chi connectivity index (χ2v) is 7.72. The molecule has 0 atom stereocenters. The molecule has 0 unspecified atom stereocenters. The van der Waals surface area contributed by atoms with E-state index in [1.165, 1.54) is 37.2 Å². The Morgan fingerprint density at radius 2 is 1.74 bits per heavy atom. The molecule has 154 valence electrons. The second kappa shape index (κ2) is 13.3. The summed E-state index contributed by atoms with van der Waals surface area (Å²) in [5.74, 6) is 1.51. The number of halogens is 1. The van der Waals surface area contributed by atoms with Crippen molar-refractivity contribution in [3.63, 3.8) is 0 Å². The highest BCUT2D eigenvalue weighted by Crippen LogP contribution is 2.11. The summed E-state index contributed by atoms with van der Waals surface area (Å²) in [6, 6.07) is 8.95. The third kappa shape index (κ3) is 9.76. The van der Waals surface area contributed by atoms with E-state index >= 15 is 0 Å². The van der Waals surface area contributed by atoms with E-state index in [0.29, 0.717) is 12.5 Å². The molecule has 0 saturated carbocycles. The van der Waals surface area contributed by atoms with Crippen LogP contribution in [0.4, 0.5) is 0 Å². The summed E-state index contributed by atoms with van der Waals surface area (Å²) in [5, 5.41) is 6.71. The number of nitrogens with one attached hydrogen (secondary N) is 2. The summed E-state index contributed by atoms with van der Waals surface area (Å²) >= 11 is 0. The van der Waals surface area contributed by atoms with Crippen LogP contribution >= 0.6 is 24.0 Å². The Balaban J connectivity index is 0.00000364. The second-order valence-electron chi connectivity index (χ2n) is 7.72. The van der Waals surface area contributed by atoms with Crippen molar-refractivity contribution in [1.29, 1.82) is 0 Å². The smallest absolute Gasteiger partial charge is 0.191 e. The van der Waals surface area contributed by atoms with E-state index < -0.39 is 0 Å². The molecule has 5 nitrogen and oxygen atoms in total. The topological polar surface area (TPSA) is 42.9 Å². The molecular formula is C21H38IN5. The van der Waals surface area contributed by atoms with Crippen molar-refractivity contribution in [1.82, 2.24) is 20.4 Å². The van der Waals surface area contributed by atoms with Crippen LogP contribution in [0.25, 0.3) is 0 Å². The van der Waals surface area contributed by atoms with Crippen LogP contribution in [0.2, 0.25) is 0 Å². The number of aliphatic imine (C=N–C) groups is 1. The Labute approximate surface area is 183 Å². The maximum Gasteiger partial charge on any atom is 0.191 e. The molecular weight excluding hydrogens is 449 g/mol. The number of hydrogen-bond donors (Lipinski definition) is 2. The van der Waals surface area contributed by atoms with Crippen LogP contribution in [-0.2, 0) is 13.1 Å². The third-order valence-corrected chi connectivity index (χ3v) is 4.68. The van der Waals surface area contributed by atoms with Crippen molar-refractivity contribution < 1.29 is 0 Å². The first kappa shape index (κ1) is 24.2. The van der Waals surface area contributed by atoms with Gasteiger partial charge in [0.15, 0.2) is 5.96 Å². The lowest BCUT2D eigenvalue weighted by Crippen LogP contribution is -2.39. The van der Waals surface area contributed by atoms with Gasteiger partial charge in [-0.25, -0.2) is 4.99 Å². The van der Waals surface area contributed by atoms with Gasteiger partial charge in [-0.1, -0.05) is 38.1 Å². The maximum absolute atomic E-state index is 4.70. The summed E-state index contributed by atoms with van der Waals surface area (Å²) in [5.41, 5.74) is 2.65. The lowest BCUT2D eigenvalue weighted by Gasteiger charge is -2.20. The minimum absolute atomic E-state index is 0. The van der Waals surface area contributed by atoms with Gasteiger partial charge in [-0.3, -0.25) is 4.90 Å². The Morgan fingerprint density at radius 3 is 2.41 bits per heavy atom. The van der Waals surface area contributed by atoms with E-state index in [1.807, 2.05) is 0 Å². The molecule has 1 aliphatic rings. The first-order chi connectivity index (χ1) is 12.6. The highest BCUT2D eigenvalue weighted by Gasteiger charge is 2.12. The highest BCUT2D eigenvalue weighted by molar-refractivity contribution is 14.0. The zero-order valence-electron chi connectivity index (χ0n) is 17.5. The zero-order chi connectivity index (χ0) is 18.8. The van der Waals surface area contributed by atoms with Crippen LogP contribution in [-0.4, -0.2) is 62.1 Å². The van der Waals surface area contributed by atoms with Crippen molar-refractivity contribution in [2.24, 2.45) is 10.9 Å². The van der Waals surface area contributed by atoms with Crippen molar-refractivity contribution in [3.8, 4) is 0 Å². The van der Waals surface area contributed by atoms with Crippen molar-refractivity contribution in [2.45, 2.75) is 40.3 Å². The first-order valence-electron chi connectivity index (χ1n) is 10.1. The zero-order valence-corrected chi connectivity index (χ0v) is 19.8. The summed E-state index contributed by atoms with van der Waals surface area (Å²) in [6.07, 6.45) is 1.26. The van der Waals surface area contributed by atoms with Crippen molar-refractivity contribution in [2.75, 3.05) is 46.3 Å².